The number of hydrogen-bond acceptors (Lipinski definition) is 0. The van der Waals surface area contributed by atoms with Gasteiger partial charge in [0.1, 0.15) is 0 Å². The molecule has 2 aliphatic heterocycles. The largest absolute Gasteiger partial charge is 0.309 e. The summed E-state index contributed by atoms with van der Waals surface area (Å²) in [6.07, 6.45) is 0.913. The molecule has 0 radical (unpaired) electrons. The molecule has 0 atom stereocenters. The van der Waals surface area contributed by atoms with Gasteiger partial charge in [0, 0.05) is 22.0 Å². The molecule has 0 unspecified atom stereocenters. The van der Waals surface area contributed by atoms with Crippen molar-refractivity contribution >= 4 is 50.6 Å². The van der Waals surface area contributed by atoms with Crippen LogP contribution in [0.5, 0.6) is 0 Å². The molecule has 3 heterocycles. The van der Waals surface area contributed by atoms with E-state index >= 15 is 0 Å². The van der Waals surface area contributed by atoms with E-state index in [0.717, 1.165) is 6.42 Å². The molecule has 2 heteroatoms. The van der Waals surface area contributed by atoms with Crippen LogP contribution < -0.4 is 20.7 Å². The fourth-order valence-electron chi connectivity index (χ4n) is 11.0. The van der Waals surface area contributed by atoms with E-state index in [2.05, 4.69) is 205 Å². The summed E-state index contributed by atoms with van der Waals surface area (Å²) in [5.41, 5.74) is 20.0. The molecule has 0 bridgehead atoms. The van der Waals surface area contributed by atoms with Crippen molar-refractivity contribution in [3.8, 4) is 61.3 Å². The van der Waals surface area contributed by atoms with Crippen LogP contribution in [0, 0.1) is 0 Å². The lowest BCUT2D eigenvalue weighted by atomic mass is 9.91. The highest BCUT2D eigenvalue weighted by atomic mass is 28.3. The van der Waals surface area contributed by atoms with E-state index in [1.165, 1.54) is 115 Å². The summed E-state index contributed by atoms with van der Waals surface area (Å²) in [7, 11) is -2.58. The van der Waals surface area contributed by atoms with E-state index in [4.69, 9.17) is 0 Å². The predicted molar refractivity (Wildman–Crippen MR) is 241 cm³/mol. The Hall–Kier alpha value is -7.00. The smallest absolute Gasteiger partial charge is 0.182 e. The zero-order valence-corrected chi connectivity index (χ0v) is 32.2. The molecule has 0 saturated heterocycles. The molecule has 1 spiro atoms. The molecule has 0 saturated carbocycles. The highest BCUT2D eigenvalue weighted by Crippen LogP contribution is 2.50. The standard InChI is InChI=1S/C55H35NSi/c1-2-14-35(15-3-1)36-26-29-39(30-27-36)56-49-22-10-6-18-41(49)48-34-46(47-32-37-16-4-5-17-40(37)54(47)55(48)56)38-28-31-45-44-21-9-13-25-52(44)57(53(45)33-38)50-23-11-7-19-42(50)43-20-8-12-24-51(43)57/h1-31,33-34H,32H2. The molecule has 1 aromatic heterocycles. The monoisotopic (exact) mass is 737 g/mol. The zero-order valence-electron chi connectivity index (χ0n) is 31.2. The number of hydrogen-bond donors (Lipinski definition) is 0. The van der Waals surface area contributed by atoms with Crippen molar-refractivity contribution in [3.05, 3.63) is 211 Å². The van der Waals surface area contributed by atoms with Gasteiger partial charge in [-0.15, -0.1) is 0 Å². The first-order chi connectivity index (χ1) is 28.3. The molecule has 1 nitrogen and oxygen atoms in total. The number of nitrogens with zero attached hydrogens (tertiary/aromatic N) is 1. The second-order valence-electron chi connectivity index (χ2n) is 15.9. The van der Waals surface area contributed by atoms with E-state index in [1.807, 2.05) is 0 Å². The van der Waals surface area contributed by atoms with Gasteiger partial charge in [-0.2, -0.15) is 0 Å². The molecule has 0 amide bonds. The van der Waals surface area contributed by atoms with Gasteiger partial charge in [0.2, 0.25) is 0 Å². The third kappa shape index (κ3) is 4.07. The topological polar surface area (TPSA) is 4.93 Å². The Kier molecular flexibility index (Phi) is 6.31. The van der Waals surface area contributed by atoms with E-state index in [-0.39, 0.29) is 0 Å². The summed E-state index contributed by atoms with van der Waals surface area (Å²) >= 11 is 0. The molecule has 13 rings (SSSR count). The first-order valence-electron chi connectivity index (χ1n) is 20.1. The van der Waals surface area contributed by atoms with Crippen molar-refractivity contribution in [2.45, 2.75) is 6.42 Å². The van der Waals surface area contributed by atoms with Gasteiger partial charge in [0.05, 0.1) is 11.0 Å². The maximum atomic E-state index is 2.62. The Morgan fingerprint density at radius 3 is 1.61 bits per heavy atom. The van der Waals surface area contributed by atoms with Gasteiger partial charge in [-0.25, -0.2) is 0 Å². The maximum absolute atomic E-state index is 2.62. The first kappa shape index (κ1) is 31.2. The Balaban J connectivity index is 1.09. The Morgan fingerprint density at radius 1 is 0.368 bits per heavy atom. The van der Waals surface area contributed by atoms with Crippen LogP contribution in [0.15, 0.2) is 200 Å². The Bertz CT molecular complexity index is 3250. The molecular formula is C55H35NSi. The van der Waals surface area contributed by atoms with Crippen LogP contribution in [0.3, 0.4) is 0 Å². The lowest BCUT2D eigenvalue weighted by Gasteiger charge is -2.28. The van der Waals surface area contributed by atoms with Crippen molar-refractivity contribution in [3.63, 3.8) is 0 Å². The molecule has 3 aliphatic rings. The van der Waals surface area contributed by atoms with Gasteiger partial charge in [-0.3, -0.25) is 0 Å². The lowest BCUT2D eigenvalue weighted by molar-refractivity contribution is 1.18. The van der Waals surface area contributed by atoms with Crippen molar-refractivity contribution < 1.29 is 0 Å². The van der Waals surface area contributed by atoms with Crippen molar-refractivity contribution in [1.29, 1.82) is 0 Å². The van der Waals surface area contributed by atoms with E-state index in [9.17, 15) is 0 Å². The van der Waals surface area contributed by atoms with Crippen LogP contribution in [0.4, 0.5) is 0 Å². The summed E-state index contributed by atoms with van der Waals surface area (Å²) in [5.74, 6) is 0. The summed E-state index contributed by atoms with van der Waals surface area (Å²) in [5, 5.41) is 8.66. The van der Waals surface area contributed by atoms with Gasteiger partial charge in [-0.1, -0.05) is 176 Å². The average Bonchev–Trinajstić information content (AvgIpc) is 4.00. The summed E-state index contributed by atoms with van der Waals surface area (Å²) in [6.45, 7) is 0. The molecule has 1 aliphatic carbocycles. The van der Waals surface area contributed by atoms with Crippen LogP contribution in [0.2, 0.25) is 0 Å². The van der Waals surface area contributed by atoms with Crippen LogP contribution in [-0.2, 0) is 6.42 Å². The van der Waals surface area contributed by atoms with Gasteiger partial charge < -0.3 is 4.57 Å². The van der Waals surface area contributed by atoms with Gasteiger partial charge in [-0.05, 0) is 113 Å². The summed E-state index contributed by atoms with van der Waals surface area (Å²) in [4.78, 5) is 0. The number of para-hydroxylation sites is 1. The molecule has 57 heavy (non-hydrogen) atoms. The second kappa shape index (κ2) is 11.5. The van der Waals surface area contributed by atoms with Gasteiger partial charge in [0.25, 0.3) is 0 Å². The average molecular weight is 738 g/mol. The minimum atomic E-state index is -2.58. The van der Waals surface area contributed by atoms with Crippen LogP contribution in [0.25, 0.3) is 83.1 Å². The van der Waals surface area contributed by atoms with Gasteiger partial charge in [0.15, 0.2) is 8.07 Å². The minimum absolute atomic E-state index is 0.913. The van der Waals surface area contributed by atoms with Crippen molar-refractivity contribution in [2.24, 2.45) is 0 Å². The number of fused-ring (bicyclic) bond motifs is 17. The highest BCUT2D eigenvalue weighted by Gasteiger charge is 2.53. The lowest BCUT2D eigenvalue weighted by Crippen LogP contribution is -2.70. The fraction of sp³-hybridized carbons (Fsp3) is 0.0182. The molecule has 264 valence electrons. The normalized spacial score (nSPS) is 13.7. The maximum Gasteiger partial charge on any atom is 0.182 e. The second-order valence-corrected chi connectivity index (χ2v) is 19.6. The molecule has 0 N–H and O–H groups in total. The van der Waals surface area contributed by atoms with E-state index in [1.54, 1.807) is 0 Å². The van der Waals surface area contributed by atoms with Crippen LogP contribution >= 0.6 is 0 Å². The Labute approximate surface area is 332 Å². The Morgan fingerprint density at radius 2 is 0.912 bits per heavy atom. The first-order valence-corrected chi connectivity index (χ1v) is 22.1. The van der Waals surface area contributed by atoms with Crippen molar-refractivity contribution in [2.75, 3.05) is 0 Å². The SMILES string of the molecule is c1ccc(-c2ccc(-n3c4ccccc4c4cc(-c5ccc6c(c5)[Si]5(c7ccccc7-c7ccccc75)c5ccccc5-6)c5c(c43)-c3ccccc3C5)cc2)cc1. The summed E-state index contributed by atoms with van der Waals surface area (Å²) < 4.78 is 2.53. The third-order valence-electron chi connectivity index (χ3n) is 13.3. The molecule has 10 aromatic rings. The molecule has 0 fully saturated rings. The molecular weight excluding hydrogens is 703 g/mol. The fourth-order valence-corrected chi connectivity index (χ4v) is 16.6. The van der Waals surface area contributed by atoms with E-state index < -0.39 is 8.07 Å². The third-order valence-corrected chi connectivity index (χ3v) is 18.2. The predicted octanol–water partition coefficient (Wildman–Crippen LogP) is 11.0. The van der Waals surface area contributed by atoms with E-state index in [0.29, 0.717) is 0 Å². The zero-order chi connectivity index (χ0) is 37.2. The number of aromatic nitrogens is 1. The summed E-state index contributed by atoms with van der Waals surface area (Å²) in [6, 6.07) is 75.7. The van der Waals surface area contributed by atoms with Crippen LogP contribution in [-0.4, -0.2) is 12.6 Å². The van der Waals surface area contributed by atoms with Crippen molar-refractivity contribution in [1.82, 2.24) is 4.57 Å². The number of rotatable bonds is 3. The van der Waals surface area contributed by atoms with Gasteiger partial charge >= 0.3 is 0 Å². The van der Waals surface area contributed by atoms with Crippen LogP contribution in [0.1, 0.15) is 11.1 Å². The quantitative estimate of drug-likeness (QED) is 0.159. The number of benzene rings is 9. The minimum Gasteiger partial charge on any atom is -0.309 e. The highest BCUT2D eigenvalue weighted by molar-refractivity contribution is 7.24. The molecule has 9 aromatic carbocycles.